The molecule has 2 aliphatic rings. The van der Waals surface area contributed by atoms with Gasteiger partial charge < -0.3 is 18.3 Å². The summed E-state index contributed by atoms with van der Waals surface area (Å²) >= 11 is 0. The molecule has 52 heavy (non-hydrogen) atoms. The average Bonchev–Trinajstić information content (AvgIpc) is 3.69. The third kappa shape index (κ3) is 8.47. The van der Waals surface area contributed by atoms with Crippen LogP contribution in [0.4, 0.5) is 0 Å². The molecular weight excluding hydrogens is 673 g/mol. The summed E-state index contributed by atoms with van der Waals surface area (Å²) in [6.45, 7) is 30.0. The van der Waals surface area contributed by atoms with Crippen LogP contribution in [0.5, 0.6) is 5.75 Å². The van der Waals surface area contributed by atoms with Crippen molar-refractivity contribution in [2.75, 3.05) is 20.3 Å². The second-order valence-corrected chi connectivity index (χ2v) is 27.5. The first kappa shape index (κ1) is 40.4. The van der Waals surface area contributed by atoms with Gasteiger partial charge in [-0.15, -0.1) is 6.58 Å². The van der Waals surface area contributed by atoms with Crippen LogP contribution < -0.4 is 15.1 Å². The van der Waals surface area contributed by atoms with Crippen molar-refractivity contribution in [3.05, 3.63) is 115 Å². The van der Waals surface area contributed by atoms with Gasteiger partial charge in [-0.25, -0.2) is 0 Å². The van der Waals surface area contributed by atoms with Gasteiger partial charge in [0.2, 0.25) is 0 Å². The van der Waals surface area contributed by atoms with Gasteiger partial charge in [-0.3, -0.25) is 0 Å². The van der Waals surface area contributed by atoms with Gasteiger partial charge in [0.25, 0.3) is 8.32 Å². The minimum absolute atomic E-state index is 0.0991. The summed E-state index contributed by atoms with van der Waals surface area (Å²) in [6, 6.07) is 30.1. The van der Waals surface area contributed by atoms with Crippen LogP contribution in [-0.4, -0.2) is 43.1 Å². The Bertz CT molecular complexity index is 1590. The Kier molecular flexibility index (Phi) is 12.4. The first-order valence-electron chi connectivity index (χ1n) is 19.4. The summed E-state index contributed by atoms with van der Waals surface area (Å²) in [6.07, 6.45) is 6.93. The van der Waals surface area contributed by atoms with Crippen molar-refractivity contribution in [2.24, 2.45) is 29.1 Å². The molecule has 6 heteroatoms. The van der Waals surface area contributed by atoms with Crippen molar-refractivity contribution in [1.82, 2.24) is 0 Å². The topological polar surface area (TPSA) is 36.9 Å². The third-order valence-corrected chi connectivity index (χ3v) is 22.2. The van der Waals surface area contributed by atoms with Crippen LogP contribution in [0.25, 0.3) is 0 Å². The Morgan fingerprint density at radius 3 is 1.90 bits per heavy atom. The van der Waals surface area contributed by atoms with Gasteiger partial charge in [0.15, 0.2) is 8.32 Å². The van der Waals surface area contributed by atoms with Crippen molar-refractivity contribution in [3.63, 3.8) is 0 Å². The molecule has 3 aromatic carbocycles. The molecule has 0 amide bonds. The third-order valence-electron chi connectivity index (χ3n) is 12.7. The summed E-state index contributed by atoms with van der Waals surface area (Å²) in [7, 11) is -2.96. The lowest BCUT2D eigenvalue weighted by Gasteiger charge is -2.43. The Morgan fingerprint density at radius 2 is 1.40 bits per heavy atom. The zero-order valence-electron chi connectivity index (χ0n) is 34.0. The van der Waals surface area contributed by atoms with Gasteiger partial charge in [-0.05, 0) is 98.7 Å². The predicted octanol–water partition coefficient (Wildman–Crippen LogP) is 10.6. The van der Waals surface area contributed by atoms with E-state index in [0.717, 1.165) is 24.2 Å². The van der Waals surface area contributed by atoms with Crippen LogP contribution in [0.1, 0.15) is 73.8 Å². The van der Waals surface area contributed by atoms with Crippen LogP contribution in [0, 0.1) is 29.1 Å². The molecule has 2 aliphatic carbocycles. The Morgan fingerprint density at radius 1 is 0.827 bits per heavy atom. The number of allylic oxidation sites excluding steroid dienone is 2. The highest BCUT2D eigenvalue weighted by molar-refractivity contribution is 6.99. The maximum Gasteiger partial charge on any atom is 0.261 e. The lowest BCUT2D eigenvalue weighted by molar-refractivity contribution is 0.0896. The minimum atomic E-state index is -2.73. The molecule has 0 aliphatic heterocycles. The smallest absolute Gasteiger partial charge is 0.261 e. The number of benzene rings is 3. The van der Waals surface area contributed by atoms with Gasteiger partial charge in [-0.2, -0.15) is 0 Å². The normalized spacial score (nSPS) is 23.5. The van der Waals surface area contributed by atoms with Gasteiger partial charge in [0.1, 0.15) is 5.75 Å². The molecule has 0 bridgehead atoms. The Labute approximate surface area is 318 Å². The van der Waals surface area contributed by atoms with Crippen molar-refractivity contribution in [1.29, 1.82) is 0 Å². The molecule has 2 saturated carbocycles. The Hall–Kier alpha value is -2.75. The molecule has 5 atom stereocenters. The van der Waals surface area contributed by atoms with Crippen LogP contribution in [0.3, 0.4) is 0 Å². The fourth-order valence-electron chi connectivity index (χ4n) is 8.71. The zero-order valence-corrected chi connectivity index (χ0v) is 36.0. The summed E-state index contributed by atoms with van der Waals surface area (Å²) in [5.41, 5.74) is 2.68. The second kappa shape index (κ2) is 15.9. The molecule has 0 heterocycles. The minimum Gasteiger partial charge on any atom is -0.497 e. The zero-order chi connectivity index (χ0) is 38.0. The van der Waals surface area contributed by atoms with E-state index in [2.05, 4.69) is 160 Å². The molecule has 0 saturated heterocycles. The van der Waals surface area contributed by atoms with E-state index in [-0.39, 0.29) is 21.6 Å². The highest BCUT2D eigenvalue weighted by Gasteiger charge is 2.67. The summed E-state index contributed by atoms with van der Waals surface area (Å²) in [5, 5.41) is 2.69. The van der Waals surface area contributed by atoms with E-state index in [0.29, 0.717) is 43.5 Å². The lowest BCUT2D eigenvalue weighted by Crippen LogP contribution is -2.66. The van der Waals surface area contributed by atoms with Crippen LogP contribution in [0.15, 0.2) is 109 Å². The molecule has 3 aromatic rings. The molecule has 0 spiro atoms. The first-order valence-corrected chi connectivity index (χ1v) is 24.2. The average molecular weight is 739 g/mol. The number of hydrogen-bond acceptors (Lipinski definition) is 4. The fraction of sp³-hybridized carbons (Fsp3) is 0.522. The summed E-state index contributed by atoms with van der Waals surface area (Å²) < 4.78 is 26.5. The van der Waals surface area contributed by atoms with Crippen molar-refractivity contribution >= 4 is 27.0 Å². The van der Waals surface area contributed by atoms with Gasteiger partial charge in [0.05, 0.1) is 26.9 Å². The summed E-state index contributed by atoms with van der Waals surface area (Å²) in [4.78, 5) is 0. The highest BCUT2D eigenvalue weighted by atomic mass is 28.4. The Balaban J connectivity index is 1.47. The van der Waals surface area contributed by atoms with Crippen LogP contribution >= 0.6 is 0 Å². The quantitative estimate of drug-likeness (QED) is 0.0884. The largest absolute Gasteiger partial charge is 0.497 e. The highest BCUT2D eigenvalue weighted by Crippen LogP contribution is 2.69. The van der Waals surface area contributed by atoms with E-state index in [4.69, 9.17) is 18.3 Å². The van der Waals surface area contributed by atoms with Crippen molar-refractivity contribution < 1.29 is 18.3 Å². The van der Waals surface area contributed by atoms with Crippen LogP contribution in [0.2, 0.25) is 23.2 Å². The van der Waals surface area contributed by atoms with Crippen molar-refractivity contribution in [2.45, 2.75) is 104 Å². The van der Waals surface area contributed by atoms with Crippen molar-refractivity contribution in [3.8, 4) is 5.75 Å². The van der Waals surface area contributed by atoms with E-state index in [9.17, 15) is 0 Å². The van der Waals surface area contributed by atoms with E-state index in [1.807, 2.05) is 12.1 Å². The maximum atomic E-state index is 7.56. The van der Waals surface area contributed by atoms with E-state index in [1.165, 1.54) is 15.9 Å². The second-order valence-electron chi connectivity index (χ2n) is 18.4. The predicted molar refractivity (Wildman–Crippen MR) is 224 cm³/mol. The first-order chi connectivity index (χ1) is 24.5. The molecule has 282 valence electrons. The lowest BCUT2D eigenvalue weighted by atomic mass is 9.76. The monoisotopic (exact) mass is 738 g/mol. The summed E-state index contributed by atoms with van der Waals surface area (Å²) in [5.74, 6) is 2.68. The van der Waals surface area contributed by atoms with E-state index < -0.39 is 16.6 Å². The van der Waals surface area contributed by atoms with E-state index in [1.54, 1.807) is 7.11 Å². The number of methoxy groups -OCH3 is 1. The van der Waals surface area contributed by atoms with E-state index >= 15 is 0 Å². The molecule has 2 fully saturated rings. The maximum absolute atomic E-state index is 7.56. The molecule has 0 aromatic heterocycles. The SMILES string of the molecule is C=C[C@H]1C[C@@H](O[Si](C)(C)C(C)(C)C)[C@@H]2[C@H]([C@@H]1/C=C(\CCOCc1ccc(OC)cc1)CO[Si](c1ccccc1)(c1ccccc1)C(C)(C)C)C2(C)C. The molecule has 0 unspecified atom stereocenters. The molecule has 0 radical (unpaired) electrons. The standard InChI is InChI=1S/C46H66O4Si2/c1-13-36-31-41(50-51(11,12)44(2,3)4)43-42(46(43,8)9)40(36)30-35(28-29-48-32-34-24-26-37(47-10)27-25-34)33-49-52(45(5,6)7,38-20-16-14-17-21-38)39-22-18-15-19-23-39/h13-27,30,36,40-43H,1,28-29,31-33H2,2-12H3/b35-30+/t36-,40+,41+,42-,43+/m0/s1. The van der Waals surface area contributed by atoms with Crippen LogP contribution in [-0.2, 0) is 20.2 Å². The number of rotatable bonds is 15. The number of hydrogen-bond donors (Lipinski definition) is 0. The molecular formula is C46H66O4Si2. The van der Waals surface area contributed by atoms with Gasteiger partial charge >= 0.3 is 0 Å². The molecule has 0 N–H and O–H groups in total. The number of fused-ring (bicyclic) bond motifs is 1. The van der Waals surface area contributed by atoms with Gasteiger partial charge in [0, 0.05) is 6.10 Å². The molecule has 5 rings (SSSR count). The number of ether oxygens (including phenoxy) is 2. The fourth-order valence-corrected chi connectivity index (χ4v) is 14.6. The molecule has 4 nitrogen and oxygen atoms in total. The van der Waals surface area contributed by atoms with Gasteiger partial charge in [-0.1, -0.05) is 140 Å².